The number of ketones is 1. The first kappa shape index (κ1) is 7.25. The Hall–Kier alpha value is -0.410. The highest BCUT2D eigenvalue weighted by Gasteiger charge is 2.30. The van der Waals surface area contributed by atoms with Gasteiger partial charge in [-0.15, -0.1) is 0 Å². The SMILES string of the molecule is O=C1CNC2CCNCC2C1. The van der Waals surface area contributed by atoms with E-state index in [2.05, 4.69) is 10.6 Å². The Morgan fingerprint density at radius 3 is 3.27 bits per heavy atom. The van der Waals surface area contributed by atoms with Crippen LogP contribution in [0.15, 0.2) is 0 Å². The molecular formula is C8H14N2O. The highest BCUT2D eigenvalue weighted by molar-refractivity contribution is 5.81. The van der Waals surface area contributed by atoms with Gasteiger partial charge in [-0.05, 0) is 25.4 Å². The summed E-state index contributed by atoms with van der Waals surface area (Å²) in [7, 11) is 0. The van der Waals surface area contributed by atoms with Crippen LogP contribution in [0.1, 0.15) is 12.8 Å². The van der Waals surface area contributed by atoms with Crippen LogP contribution in [-0.4, -0.2) is 31.5 Å². The molecule has 2 saturated heterocycles. The summed E-state index contributed by atoms with van der Waals surface area (Å²) in [5.41, 5.74) is 0. The van der Waals surface area contributed by atoms with Crippen LogP contribution in [0.4, 0.5) is 0 Å². The largest absolute Gasteiger partial charge is 0.316 e. The Labute approximate surface area is 66.5 Å². The Morgan fingerprint density at radius 1 is 1.45 bits per heavy atom. The van der Waals surface area contributed by atoms with Crippen LogP contribution in [0.3, 0.4) is 0 Å². The van der Waals surface area contributed by atoms with E-state index >= 15 is 0 Å². The topological polar surface area (TPSA) is 41.1 Å². The molecule has 0 aliphatic carbocycles. The van der Waals surface area contributed by atoms with Crippen molar-refractivity contribution in [2.45, 2.75) is 18.9 Å². The van der Waals surface area contributed by atoms with Gasteiger partial charge >= 0.3 is 0 Å². The second-order valence-electron chi connectivity index (χ2n) is 3.48. The quantitative estimate of drug-likeness (QED) is 0.495. The fourth-order valence-corrected chi connectivity index (χ4v) is 2.02. The van der Waals surface area contributed by atoms with E-state index in [4.69, 9.17) is 0 Å². The molecule has 0 amide bonds. The maximum Gasteiger partial charge on any atom is 0.147 e. The van der Waals surface area contributed by atoms with Gasteiger partial charge in [0.1, 0.15) is 5.78 Å². The van der Waals surface area contributed by atoms with E-state index in [1.165, 1.54) is 6.42 Å². The predicted molar refractivity (Wildman–Crippen MR) is 42.4 cm³/mol. The lowest BCUT2D eigenvalue weighted by atomic mass is 9.86. The molecule has 0 aromatic heterocycles. The molecule has 2 N–H and O–H groups in total. The van der Waals surface area contributed by atoms with E-state index in [9.17, 15) is 4.79 Å². The molecule has 0 bridgehead atoms. The summed E-state index contributed by atoms with van der Waals surface area (Å²) in [5, 5.41) is 6.59. The maximum atomic E-state index is 11.0. The lowest BCUT2D eigenvalue weighted by Gasteiger charge is -2.35. The molecule has 2 fully saturated rings. The summed E-state index contributed by atoms with van der Waals surface area (Å²) in [4.78, 5) is 11.0. The Morgan fingerprint density at radius 2 is 2.36 bits per heavy atom. The standard InChI is InChI=1S/C8H14N2O/c11-7-3-6-4-9-2-1-8(6)10-5-7/h6,8-10H,1-5H2. The van der Waals surface area contributed by atoms with Crippen LogP contribution in [0.2, 0.25) is 0 Å². The van der Waals surface area contributed by atoms with Crippen molar-refractivity contribution in [1.29, 1.82) is 0 Å². The molecule has 0 aromatic carbocycles. The monoisotopic (exact) mass is 154 g/mol. The van der Waals surface area contributed by atoms with Crippen molar-refractivity contribution < 1.29 is 4.79 Å². The van der Waals surface area contributed by atoms with E-state index in [0.29, 0.717) is 24.3 Å². The lowest BCUT2D eigenvalue weighted by molar-refractivity contribution is -0.121. The van der Waals surface area contributed by atoms with Gasteiger partial charge in [0.15, 0.2) is 0 Å². The minimum Gasteiger partial charge on any atom is -0.316 e. The third kappa shape index (κ3) is 1.44. The molecule has 3 heteroatoms. The number of hydrogen-bond acceptors (Lipinski definition) is 3. The van der Waals surface area contributed by atoms with Crippen LogP contribution in [0, 0.1) is 5.92 Å². The first-order chi connectivity index (χ1) is 5.36. The van der Waals surface area contributed by atoms with Gasteiger partial charge in [-0.3, -0.25) is 4.79 Å². The summed E-state index contributed by atoms with van der Waals surface area (Å²) >= 11 is 0. The van der Waals surface area contributed by atoms with E-state index < -0.39 is 0 Å². The zero-order valence-electron chi connectivity index (χ0n) is 6.60. The summed E-state index contributed by atoms with van der Waals surface area (Å²) in [6.45, 7) is 2.72. The number of nitrogens with one attached hydrogen (secondary N) is 2. The summed E-state index contributed by atoms with van der Waals surface area (Å²) in [6.07, 6.45) is 1.96. The van der Waals surface area contributed by atoms with Gasteiger partial charge < -0.3 is 10.6 Å². The molecule has 2 unspecified atom stereocenters. The number of carbonyl (C=O) groups is 1. The molecule has 2 heterocycles. The highest BCUT2D eigenvalue weighted by Crippen LogP contribution is 2.18. The van der Waals surface area contributed by atoms with Gasteiger partial charge in [-0.25, -0.2) is 0 Å². The molecule has 0 aromatic rings. The van der Waals surface area contributed by atoms with Crippen LogP contribution in [0.5, 0.6) is 0 Å². The summed E-state index contributed by atoms with van der Waals surface area (Å²) in [6, 6.07) is 0.606. The van der Waals surface area contributed by atoms with Crippen molar-refractivity contribution in [3.63, 3.8) is 0 Å². The molecule has 2 aliphatic heterocycles. The zero-order chi connectivity index (χ0) is 7.68. The highest BCUT2D eigenvalue weighted by atomic mass is 16.1. The first-order valence-electron chi connectivity index (χ1n) is 4.32. The molecule has 0 spiro atoms. The van der Waals surface area contributed by atoms with Crippen LogP contribution < -0.4 is 10.6 Å². The van der Waals surface area contributed by atoms with Gasteiger partial charge in [0, 0.05) is 12.5 Å². The van der Waals surface area contributed by atoms with Crippen molar-refractivity contribution in [3.8, 4) is 0 Å². The first-order valence-corrected chi connectivity index (χ1v) is 4.32. The van der Waals surface area contributed by atoms with E-state index in [1.54, 1.807) is 0 Å². The number of fused-ring (bicyclic) bond motifs is 1. The van der Waals surface area contributed by atoms with Gasteiger partial charge in [0.2, 0.25) is 0 Å². The average molecular weight is 154 g/mol. The third-order valence-electron chi connectivity index (χ3n) is 2.66. The number of carbonyl (C=O) groups excluding carboxylic acids is 1. The van der Waals surface area contributed by atoms with Gasteiger partial charge in [-0.2, -0.15) is 0 Å². The molecule has 0 radical (unpaired) electrons. The number of rotatable bonds is 0. The van der Waals surface area contributed by atoms with E-state index in [-0.39, 0.29) is 0 Å². The van der Waals surface area contributed by atoms with Crippen LogP contribution in [0.25, 0.3) is 0 Å². The Bertz CT molecular complexity index is 169. The maximum absolute atomic E-state index is 11.0. The number of hydrogen-bond donors (Lipinski definition) is 2. The van der Waals surface area contributed by atoms with Gasteiger partial charge in [0.25, 0.3) is 0 Å². The van der Waals surface area contributed by atoms with Crippen LogP contribution in [-0.2, 0) is 4.79 Å². The Kier molecular flexibility index (Phi) is 1.92. The van der Waals surface area contributed by atoms with Crippen molar-refractivity contribution in [1.82, 2.24) is 10.6 Å². The second-order valence-corrected chi connectivity index (χ2v) is 3.48. The Balaban J connectivity index is 1.98. The molecule has 2 atom stereocenters. The molecule has 2 aliphatic rings. The summed E-state index contributed by atoms with van der Waals surface area (Å²) < 4.78 is 0. The molecule has 3 nitrogen and oxygen atoms in total. The summed E-state index contributed by atoms with van der Waals surface area (Å²) in [5.74, 6) is 0.931. The zero-order valence-corrected chi connectivity index (χ0v) is 6.60. The van der Waals surface area contributed by atoms with Crippen molar-refractivity contribution in [3.05, 3.63) is 0 Å². The smallest absolute Gasteiger partial charge is 0.147 e. The van der Waals surface area contributed by atoms with Crippen molar-refractivity contribution >= 4 is 5.78 Å². The molecule has 62 valence electrons. The minimum absolute atomic E-state index is 0.370. The average Bonchev–Trinajstić information content (AvgIpc) is 2.04. The molecular weight excluding hydrogens is 140 g/mol. The second kappa shape index (κ2) is 2.91. The normalized spacial score (nSPS) is 38.4. The van der Waals surface area contributed by atoms with Gasteiger partial charge in [-0.1, -0.05) is 0 Å². The molecule has 11 heavy (non-hydrogen) atoms. The minimum atomic E-state index is 0.370. The van der Waals surface area contributed by atoms with Gasteiger partial charge in [0.05, 0.1) is 6.54 Å². The van der Waals surface area contributed by atoms with Crippen molar-refractivity contribution in [2.24, 2.45) is 5.92 Å². The number of Topliss-reactive ketones (excluding diaryl/α,β-unsaturated/α-hetero) is 1. The van der Waals surface area contributed by atoms with E-state index in [1.807, 2.05) is 0 Å². The molecule has 2 rings (SSSR count). The predicted octanol–water partition coefficient (Wildman–Crippen LogP) is -0.473. The van der Waals surface area contributed by atoms with Crippen molar-refractivity contribution in [2.75, 3.05) is 19.6 Å². The van der Waals surface area contributed by atoms with E-state index in [0.717, 1.165) is 19.5 Å². The number of piperidine rings is 2. The fraction of sp³-hybridized carbons (Fsp3) is 0.875. The molecule has 0 saturated carbocycles. The van der Waals surface area contributed by atoms with Crippen LogP contribution >= 0.6 is 0 Å². The third-order valence-corrected chi connectivity index (χ3v) is 2.66. The fourth-order valence-electron chi connectivity index (χ4n) is 2.02. The lowest BCUT2D eigenvalue weighted by Crippen LogP contribution is -2.53.